The number of pyridine rings is 1. The number of likely N-dealkylation sites (N-methyl/N-ethyl adjacent to an activating group) is 1. The monoisotopic (exact) mass is 270 g/mol. The summed E-state index contributed by atoms with van der Waals surface area (Å²) < 4.78 is 5.46. The summed E-state index contributed by atoms with van der Waals surface area (Å²) in [5.74, 6) is 0.960. The van der Waals surface area contributed by atoms with Crippen LogP contribution < -0.4 is 10.1 Å². The number of hydrogen-bond donors (Lipinski definition) is 1. The van der Waals surface area contributed by atoms with Crippen molar-refractivity contribution in [2.45, 2.75) is 25.8 Å². The van der Waals surface area contributed by atoms with E-state index in [0.717, 1.165) is 18.6 Å². The fraction of sp³-hybridized carbons (Fsp3) is 0.353. The molecule has 0 amide bonds. The molecular formula is C17H22N2O. The molecule has 0 spiro atoms. The Morgan fingerprint density at radius 1 is 1.25 bits per heavy atom. The normalized spacial score (nSPS) is 12.2. The molecule has 1 N–H and O–H groups in total. The molecule has 3 nitrogen and oxygen atoms in total. The largest absolute Gasteiger partial charge is 0.496 e. The van der Waals surface area contributed by atoms with Crippen molar-refractivity contribution in [3.8, 4) is 5.75 Å². The zero-order chi connectivity index (χ0) is 14.4. The Morgan fingerprint density at radius 3 is 2.75 bits per heavy atom. The first-order chi connectivity index (χ1) is 9.72. The van der Waals surface area contributed by atoms with Gasteiger partial charge in [-0.25, -0.2) is 0 Å². The molecule has 106 valence electrons. The van der Waals surface area contributed by atoms with Crippen LogP contribution >= 0.6 is 0 Å². The van der Waals surface area contributed by atoms with E-state index in [1.165, 1.54) is 16.7 Å². The van der Waals surface area contributed by atoms with Crippen LogP contribution in [0.4, 0.5) is 0 Å². The van der Waals surface area contributed by atoms with E-state index in [1.807, 2.05) is 31.6 Å². The molecule has 1 atom stereocenters. The van der Waals surface area contributed by atoms with Crippen molar-refractivity contribution in [2.24, 2.45) is 0 Å². The van der Waals surface area contributed by atoms with Crippen molar-refractivity contribution in [1.82, 2.24) is 10.3 Å². The topological polar surface area (TPSA) is 34.2 Å². The molecule has 0 fully saturated rings. The van der Waals surface area contributed by atoms with E-state index in [1.54, 1.807) is 7.11 Å². The number of rotatable bonds is 6. The first-order valence-corrected chi connectivity index (χ1v) is 6.92. The van der Waals surface area contributed by atoms with Crippen LogP contribution in [0.1, 0.15) is 16.7 Å². The smallest absolute Gasteiger partial charge is 0.122 e. The number of ether oxygens (including phenoxy) is 1. The minimum atomic E-state index is 0.370. The van der Waals surface area contributed by atoms with E-state index < -0.39 is 0 Å². The Hall–Kier alpha value is -1.87. The molecule has 2 rings (SSSR count). The summed E-state index contributed by atoms with van der Waals surface area (Å²) in [6.07, 6.45) is 5.64. The van der Waals surface area contributed by atoms with Crippen LogP contribution in [0.3, 0.4) is 0 Å². The lowest BCUT2D eigenvalue weighted by atomic mass is 9.98. The average molecular weight is 270 g/mol. The molecular weight excluding hydrogens is 248 g/mol. The van der Waals surface area contributed by atoms with Gasteiger partial charge >= 0.3 is 0 Å². The zero-order valence-electron chi connectivity index (χ0n) is 12.4. The Labute approximate surface area is 121 Å². The Morgan fingerprint density at radius 2 is 2.10 bits per heavy atom. The zero-order valence-corrected chi connectivity index (χ0v) is 12.4. The second-order valence-electron chi connectivity index (χ2n) is 5.07. The number of methoxy groups -OCH3 is 1. The third kappa shape index (κ3) is 3.81. The lowest BCUT2D eigenvalue weighted by Gasteiger charge is -2.18. The van der Waals surface area contributed by atoms with Gasteiger partial charge in [-0.1, -0.05) is 23.8 Å². The summed E-state index contributed by atoms with van der Waals surface area (Å²) >= 11 is 0. The second-order valence-corrected chi connectivity index (χ2v) is 5.07. The molecule has 20 heavy (non-hydrogen) atoms. The third-order valence-corrected chi connectivity index (χ3v) is 3.52. The maximum atomic E-state index is 5.46. The highest BCUT2D eigenvalue weighted by Gasteiger charge is 2.12. The van der Waals surface area contributed by atoms with Crippen LogP contribution in [0.5, 0.6) is 5.75 Å². The number of nitrogens with one attached hydrogen (secondary N) is 1. The molecule has 3 heteroatoms. The highest BCUT2D eigenvalue weighted by molar-refractivity contribution is 5.37. The van der Waals surface area contributed by atoms with E-state index in [0.29, 0.717) is 6.04 Å². The molecule has 0 aliphatic rings. The minimum Gasteiger partial charge on any atom is -0.496 e. The van der Waals surface area contributed by atoms with Gasteiger partial charge < -0.3 is 10.1 Å². The van der Waals surface area contributed by atoms with Crippen molar-refractivity contribution in [1.29, 1.82) is 0 Å². The summed E-state index contributed by atoms with van der Waals surface area (Å²) in [7, 11) is 3.73. The second kappa shape index (κ2) is 7.06. The summed E-state index contributed by atoms with van der Waals surface area (Å²) in [5, 5.41) is 3.39. The van der Waals surface area contributed by atoms with E-state index in [2.05, 4.69) is 35.4 Å². The number of benzene rings is 1. The number of nitrogens with zero attached hydrogens (tertiary/aromatic N) is 1. The van der Waals surface area contributed by atoms with Crippen molar-refractivity contribution in [3.63, 3.8) is 0 Å². The summed E-state index contributed by atoms with van der Waals surface area (Å²) in [4.78, 5) is 4.17. The standard InChI is InChI=1S/C17H22N2O/c1-13-6-7-17(20-3)15(9-13)11-16(18-2)10-14-5-4-8-19-12-14/h4-9,12,16,18H,10-11H2,1-3H3. The number of hydrogen-bond acceptors (Lipinski definition) is 3. The highest BCUT2D eigenvalue weighted by atomic mass is 16.5. The lowest BCUT2D eigenvalue weighted by molar-refractivity contribution is 0.405. The minimum absolute atomic E-state index is 0.370. The molecule has 0 saturated heterocycles. The number of aromatic nitrogens is 1. The Kier molecular flexibility index (Phi) is 5.13. The van der Waals surface area contributed by atoms with Crippen molar-refractivity contribution >= 4 is 0 Å². The number of aryl methyl sites for hydroxylation is 1. The SMILES string of the molecule is CNC(Cc1cccnc1)Cc1cc(C)ccc1OC. The van der Waals surface area contributed by atoms with Gasteiger partial charge in [0.2, 0.25) is 0 Å². The van der Waals surface area contributed by atoms with Gasteiger partial charge in [-0.2, -0.15) is 0 Å². The van der Waals surface area contributed by atoms with Crippen LogP contribution in [0.2, 0.25) is 0 Å². The van der Waals surface area contributed by atoms with Crippen LogP contribution in [0.15, 0.2) is 42.7 Å². The van der Waals surface area contributed by atoms with Crippen LogP contribution in [-0.4, -0.2) is 25.2 Å². The third-order valence-electron chi connectivity index (χ3n) is 3.52. The fourth-order valence-corrected chi connectivity index (χ4v) is 2.41. The highest BCUT2D eigenvalue weighted by Crippen LogP contribution is 2.22. The molecule has 0 aliphatic heterocycles. The van der Waals surface area contributed by atoms with Gasteiger partial charge in [0, 0.05) is 18.4 Å². The van der Waals surface area contributed by atoms with Crippen molar-refractivity contribution in [3.05, 3.63) is 59.4 Å². The molecule has 1 aromatic heterocycles. The van der Waals surface area contributed by atoms with Gasteiger partial charge in [0.15, 0.2) is 0 Å². The van der Waals surface area contributed by atoms with Gasteiger partial charge in [0.05, 0.1) is 7.11 Å². The van der Waals surface area contributed by atoms with Gasteiger partial charge in [-0.05, 0) is 50.1 Å². The van der Waals surface area contributed by atoms with E-state index in [4.69, 9.17) is 4.74 Å². The van der Waals surface area contributed by atoms with Crippen LogP contribution in [-0.2, 0) is 12.8 Å². The van der Waals surface area contributed by atoms with Gasteiger partial charge in [-0.15, -0.1) is 0 Å². The van der Waals surface area contributed by atoms with Gasteiger partial charge in [0.1, 0.15) is 5.75 Å². The molecule has 2 aromatic rings. The Balaban J connectivity index is 2.12. The lowest BCUT2D eigenvalue weighted by Crippen LogP contribution is -2.30. The van der Waals surface area contributed by atoms with Gasteiger partial charge in [0.25, 0.3) is 0 Å². The molecule has 1 aromatic carbocycles. The van der Waals surface area contributed by atoms with Crippen molar-refractivity contribution < 1.29 is 4.74 Å². The predicted molar refractivity (Wildman–Crippen MR) is 82.2 cm³/mol. The van der Waals surface area contributed by atoms with Crippen molar-refractivity contribution in [2.75, 3.05) is 14.2 Å². The van der Waals surface area contributed by atoms with E-state index in [-0.39, 0.29) is 0 Å². The average Bonchev–Trinajstić information content (AvgIpc) is 2.48. The predicted octanol–water partition coefficient (Wildman–Crippen LogP) is 2.77. The van der Waals surface area contributed by atoms with Gasteiger partial charge in [-0.3, -0.25) is 4.98 Å². The summed E-state index contributed by atoms with van der Waals surface area (Å²) in [6.45, 7) is 2.11. The maximum absolute atomic E-state index is 5.46. The molecule has 0 saturated carbocycles. The molecule has 0 bridgehead atoms. The molecule has 0 radical (unpaired) electrons. The summed E-state index contributed by atoms with van der Waals surface area (Å²) in [6, 6.07) is 10.8. The fourth-order valence-electron chi connectivity index (χ4n) is 2.41. The van der Waals surface area contributed by atoms with Crippen LogP contribution in [0, 0.1) is 6.92 Å². The maximum Gasteiger partial charge on any atom is 0.122 e. The first-order valence-electron chi connectivity index (χ1n) is 6.92. The molecule has 1 unspecified atom stereocenters. The molecule has 1 heterocycles. The Bertz CT molecular complexity index is 540. The summed E-state index contributed by atoms with van der Waals surface area (Å²) in [5.41, 5.74) is 3.76. The van der Waals surface area contributed by atoms with E-state index in [9.17, 15) is 0 Å². The quantitative estimate of drug-likeness (QED) is 0.876. The van der Waals surface area contributed by atoms with E-state index >= 15 is 0 Å². The first kappa shape index (κ1) is 14.5. The van der Waals surface area contributed by atoms with Crippen LogP contribution in [0.25, 0.3) is 0 Å². The molecule has 0 aliphatic carbocycles.